The van der Waals surface area contributed by atoms with Gasteiger partial charge in [-0.3, -0.25) is 4.79 Å². The number of hydrogen-bond donors (Lipinski definition) is 0. The van der Waals surface area contributed by atoms with Crippen molar-refractivity contribution in [1.29, 1.82) is 0 Å². The van der Waals surface area contributed by atoms with Gasteiger partial charge < -0.3 is 8.85 Å². The zero-order valence-electron chi connectivity index (χ0n) is 32.1. The largest absolute Gasteiger partial charge is 0.413 e. The number of Topliss-reactive ketones (excluding diaryl/α,β-unsaturated/α-hetero) is 1. The summed E-state index contributed by atoms with van der Waals surface area (Å²) < 4.78 is 14.2. The van der Waals surface area contributed by atoms with E-state index in [-0.39, 0.29) is 28.1 Å². The summed E-state index contributed by atoms with van der Waals surface area (Å²) in [5.41, 5.74) is 4.48. The summed E-state index contributed by atoms with van der Waals surface area (Å²) in [4.78, 5) is 16.8. The molecule has 1 aromatic heterocycles. The van der Waals surface area contributed by atoms with E-state index in [9.17, 15) is 4.79 Å². The molecular weight excluding hydrogens is 631 g/mol. The molecule has 0 unspecified atom stereocenters. The average molecular weight is 698 g/mol. The summed E-state index contributed by atoms with van der Waals surface area (Å²) in [6, 6.07) is 0. The molecule has 0 N–H and O–H groups in total. The zero-order chi connectivity index (χ0) is 35.0. The van der Waals surface area contributed by atoms with Gasteiger partial charge in [0.15, 0.2) is 27.4 Å². The van der Waals surface area contributed by atoms with E-state index in [2.05, 4.69) is 105 Å². The lowest BCUT2D eigenvalue weighted by Gasteiger charge is -2.46. The number of fused-ring (bicyclic) bond motifs is 1. The molecule has 0 radical (unpaired) electrons. The molecule has 0 aromatic carbocycles. The molecule has 3 aliphatic carbocycles. The summed E-state index contributed by atoms with van der Waals surface area (Å²) in [6.07, 6.45) is 17.7. The van der Waals surface area contributed by atoms with Crippen molar-refractivity contribution in [2.24, 2.45) is 23.2 Å². The SMILES string of the molecule is C=C1/C(=C\C=C2/CCC[C@]3(C)[C@@H]([C@H](C)CCCC(=O)c4nccs4)CC[C@@H]23)C[C@@H](O[Si](C)(C)C(C)(C)C)C[C@@H]1O[Si](C)(C)C(C)(C)C. The highest BCUT2D eigenvalue weighted by Gasteiger charge is 2.50. The summed E-state index contributed by atoms with van der Waals surface area (Å²) in [6.45, 7) is 33.2. The molecule has 264 valence electrons. The molecule has 1 heterocycles. The van der Waals surface area contributed by atoms with Crippen molar-refractivity contribution in [2.45, 2.75) is 168 Å². The molecule has 1 aromatic rings. The third-order valence-corrected chi connectivity index (χ3v) is 23.0. The molecule has 4 rings (SSSR count). The molecule has 0 spiro atoms. The number of ketones is 1. The topological polar surface area (TPSA) is 48.4 Å². The second kappa shape index (κ2) is 14.6. The molecule has 4 nitrogen and oxygen atoms in total. The quantitative estimate of drug-likeness (QED) is 0.171. The van der Waals surface area contributed by atoms with Crippen LogP contribution in [0, 0.1) is 23.2 Å². The van der Waals surface area contributed by atoms with Gasteiger partial charge in [0.2, 0.25) is 0 Å². The molecule has 0 bridgehead atoms. The first-order valence-electron chi connectivity index (χ1n) is 18.5. The van der Waals surface area contributed by atoms with E-state index in [0.29, 0.717) is 34.6 Å². The van der Waals surface area contributed by atoms with Crippen LogP contribution in [0.5, 0.6) is 0 Å². The lowest BCUT2D eigenvalue weighted by atomic mass is 9.60. The highest BCUT2D eigenvalue weighted by molar-refractivity contribution is 7.11. The fraction of sp³-hybridized carbons (Fsp3) is 0.750. The van der Waals surface area contributed by atoms with E-state index in [4.69, 9.17) is 8.85 Å². The Morgan fingerprint density at radius 2 is 1.74 bits per heavy atom. The normalized spacial score (nSPS) is 30.2. The van der Waals surface area contributed by atoms with Crippen molar-refractivity contribution in [3.05, 3.63) is 52.0 Å². The minimum atomic E-state index is -1.99. The monoisotopic (exact) mass is 697 g/mol. The fourth-order valence-corrected chi connectivity index (χ4v) is 11.5. The smallest absolute Gasteiger partial charge is 0.192 e. The Balaban J connectivity index is 1.52. The van der Waals surface area contributed by atoms with Gasteiger partial charge in [0.05, 0.1) is 12.2 Å². The number of nitrogens with zero attached hydrogens (tertiary/aromatic N) is 1. The van der Waals surface area contributed by atoms with Crippen molar-refractivity contribution in [3.8, 4) is 0 Å². The van der Waals surface area contributed by atoms with E-state index in [1.807, 2.05) is 5.38 Å². The second-order valence-corrected chi connectivity index (χ2v) is 28.9. The predicted octanol–water partition coefficient (Wildman–Crippen LogP) is 12.3. The summed E-state index contributed by atoms with van der Waals surface area (Å²) in [7, 11) is -3.93. The Morgan fingerprint density at radius 3 is 2.36 bits per heavy atom. The number of carbonyl (C=O) groups is 1. The molecule has 3 saturated carbocycles. The third kappa shape index (κ3) is 8.79. The maximum Gasteiger partial charge on any atom is 0.192 e. The van der Waals surface area contributed by atoms with Gasteiger partial charge in [-0.2, -0.15) is 0 Å². The first-order valence-corrected chi connectivity index (χ1v) is 25.2. The average Bonchev–Trinajstić information content (AvgIpc) is 3.60. The van der Waals surface area contributed by atoms with Gasteiger partial charge in [0.25, 0.3) is 0 Å². The first kappa shape index (κ1) is 38.7. The maximum absolute atomic E-state index is 12.5. The minimum Gasteiger partial charge on any atom is -0.413 e. The number of carbonyl (C=O) groups excluding carboxylic acids is 1. The van der Waals surface area contributed by atoms with Crippen molar-refractivity contribution >= 4 is 33.8 Å². The molecule has 0 aliphatic heterocycles. The standard InChI is InChI=1S/C40H67NO3SSi2/c1-28(16-14-18-35(42)37-41-24-25-45-37)33-21-22-34-30(17-15-23-40(33,34)9)19-20-31-26-32(43-46(10,11)38(3,4)5)27-36(29(31)2)44-47(12,13)39(6,7)8/h19-20,24-25,28,32-34,36H,2,14-18,21-23,26-27H2,1,3-13H3/b30-19+,31-20-/t28-,32-,33-,34+,36+,40-/m1/s1. The Bertz CT molecular complexity index is 1320. The van der Waals surface area contributed by atoms with Crippen LogP contribution in [-0.4, -0.2) is 39.6 Å². The molecule has 3 aliphatic rings. The molecule has 0 amide bonds. The van der Waals surface area contributed by atoms with Gasteiger partial charge in [0, 0.05) is 24.4 Å². The van der Waals surface area contributed by atoms with Crippen LogP contribution in [-0.2, 0) is 8.85 Å². The maximum atomic E-state index is 12.5. The van der Waals surface area contributed by atoms with Gasteiger partial charge in [-0.05, 0) is 122 Å². The van der Waals surface area contributed by atoms with Gasteiger partial charge in [-0.15, -0.1) is 11.3 Å². The molecule has 0 saturated heterocycles. The number of aromatic nitrogens is 1. The number of thiazole rings is 1. The van der Waals surface area contributed by atoms with Crippen LogP contribution in [0.25, 0.3) is 0 Å². The number of allylic oxidation sites excluding steroid dienone is 3. The van der Waals surface area contributed by atoms with E-state index in [1.165, 1.54) is 54.6 Å². The van der Waals surface area contributed by atoms with Gasteiger partial charge in [-0.25, -0.2) is 4.98 Å². The molecule has 7 heteroatoms. The van der Waals surface area contributed by atoms with E-state index in [0.717, 1.165) is 25.7 Å². The van der Waals surface area contributed by atoms with Crippen molar-refractivity contribution in [1.82, 2.24) is 4.98 Å². The van der Waals surface area contributed by atoms with Crippen molar-refractivity contribution in [3.63, 3.8) is 0 Å². The lowest BCUT2D eigenvalue weighted by molar-refractivity contribution is 0.0898. The third-order valence-electron chi connectivity index (χ3n) is 13.2. The van der Waals surface area contributed by atoms with Crippen LogP contribution < -0.4 is 0 Å². The summed E-state index contributed by atoms with van der Waals surface area (Å²) in [5, 5.41) is 2.87. The minimum absolute atomic E-state index is 0.0138. The van der Waals surface area contributed by atoms with E-state index in [1.54, 1.807) is 11.8 Å². The van der Waals surface area contributed by atoms with Crippen LogP contribution in [0.3, 0.4) is 0 Å². The summed E-state index contributed by atoms with van der Waals surface area (Å²) in [5.74, 6) is 2.20. The molecule has 3 fully saturated rings. The van der Waals surface area contributed by atoms with Crippen LogP contribution in [0.1, 0.15) is 129 Å². The number of rotatable bonds is 11. The van der Waals surface area contributed by atoms with Gasteiger partial charge in [0.1, 0.15) is 0 Å². The molecule has 6 atom stereocenters. The zero-order valence-corrected chi connectivity index (χ0v) is 34.9. The van der Waals surface area contributed by atoms with Crippen LogP contribution in [0.4, 0.5) is 0 Å². The first-order chi connectivity index (χ1) is 21.7. The predicted molar refractivity (Wildman–Crippen MR) is 206 cm³/mol. The van der Waals surface area contributed by atoms with Crippen LogP contribution in [0.2, 0.25) is 36.3 Å². The highest BCUT2D eigenvalue weighted by Crippen LogP contribution is 2.60. The Morgan fingerprint density at radius 1 is 1.09 bits per heavy atom. The van der Waals surface area contributed by atoms with Gasteiger partial charge in [-0.1, -0.05) is 79.7 Å². The summed E-state index contributed by atoms with van der Waals surface area (Å²) >= 11 is 1.46. The number of hydrogen-bond acceptors (Lipinski definition) is 5. The Labute approximate surface area is 294 Å². The van der Waals surface area contributed by atoms with Crippen LogP contribution >= 0.6 is 11.3 Å². The Hall–Kier alpha value is -1.13. The van der Waals surface area contributed by atoms with E-state index < -0.39 is 16.6 Å². The van der Waals surface area contributed by atoms with Crippen LogP contribution in [0.15, 0.2) is 47.0 Å². The Kier molecular flexibility index (Phi) is 12.0. The highest BCUT2D eigenvalue weighted by atomic mass is 32.1. The van der Waals surface area contributed by atoms with Crippen molar-refractivity contribution in [2.75, 3.05) is 0 Å². The molecular formula is C40H67NO3SSi2. The fourth-order valence-electron chi connectivity index (χ4n) is 8.23. The van der Waals surface area contributed by atoms with Gasteiger partial charge >= 0.3 is 0 Å². The van der Waals surface area contributed by atoms with E-state index >= 15 is 0 Å². The molecule has 47 heavy (non-hydrogen) atoms. The van der Waals surface area contributed by atoms with Crippen molar-refractivity contribution < 1.29 is 13.6 Å². The lowest BCUT2D eigenvalue weighted by Crippen LogP contribution is -2.49. The second-order valence-electron chi connectivity index (χ2n) is 18.5.